The molecule has 0 atom stereocenters. The van der Waals surface area contributed by atoms with Crippen LogP contribution >= 0.6 is 11.3 Å². The van der Waals surface area contributed by atoms with E-state index in [-0.39, 0.29) is 11.4 Å². The van der Waals surface area contributed by atoms with Crippen molar-refractivity contribution in [2.45, 2.75) is 6.92 Å². The molecule has 2 aromatic rings. The first-order chi connectivity index (χ1) is 8.70. The van der Waals surface area contributed by atoms with Crippen LogP contribution in [0, 0.1) is 18.3 Å². The third kappa shape index (κ3) is 2.73. The molecule has 2 nitrogen and oxygen atoms in total. The summed E-state index contributed by atoms with van der Waals surface area (Å²) in [6.45, 7) is 1.92. The van der Waals surface area contributed by atoms with Gasteiger partial charge in [-0.15, -0.1) is 0 Å². The first-order valence-electron chi connectivity index (χ1n) is 5.46. The number of aryl methyl sites for hydroxylation is 1. The molecule has 0 spiro atoms. The van der Waals surface area contributed by atoms with Crippen molar-refractivity contribution in [3.05, 3.63) is 63.4 Å². The van der Waals surface area contributed by atoms with E-state index in [1.165, 1.54) is 11.3 Å². The number of hydrogen-bond acceptors (Lipinski definition) is 3. The molecular formula is C15H11NOS. The zero-order valence-electron chi connectivity index (χ0n) is 9.88. The zero-order valence-corrected chi connectivity index (χ0v) is 10.7. The molecule has 1 heterocycles. The van der Waals surface area contributed by atoms with E-state index in [9.17, 15) is 4.79 Å². The van der Waals surface area contributed by atoms with Crippen LogP contribution in [0.15, 0.2) is 46.7 Å². The number of allylic oxidation sites excluding steroid dienone is 1. The maximum absolute atomic E-state index is 12.2. The van der Waals surface area contributed by atoms with Crippen LogP contribution in [0.4, 0.5) is 0 Å². The molecule has 0 N–H and O–H groups in total. The van der Waals surface area contributed by atoms with Crippen LogP contribution in [0.25, 0.3) is 6.08 Å². The van der Waals surface area contributed by atoms with E-state index < -0.39 is 0 Å². The second kappa shape index (κ2) is 5.44. The number of thiophene rings is 1. The number of nitrogens with zero attached hydrogens (tertiary/aromatic N) is 1. The third-order valence-corrected chi connectivity index (χ3v) is 3.20. The number of benzene rings is 1. The van der Waals surface area contributed by atoms with Gasteiger partial charge in [0.2, 0.25) is 5.78 Å². The Kier molecular flexibility index (Phi) is 3.71. The van der Waals surface area contributed by atoms with Crippen molar-refractivity contribution in [1.29, 1.82) is 5.26 Å². The minimum Gasteiger partial charge on any atom is -0.288 e. The minimum atomic E-state index is -0.229. The van der Waals surface area contributed by atoms with Crippen LogP contribution in [0.1, 0.15) is 21.5 Å². The van der Waals surface area contributed by atoms with Crippen molar-refractivity contribution in [3.8, 4) is 6.07 Å². The highest BCUT2D eigenvalue weighted by atomic mass is 32.1. The molecule has 3 heteroatoms. The van der Waals surface area contributed by atoms with Gasteiger partial charge in [0.05, 0.1) is 0 Å². The molecule has 0 fully saturated rings. The summed E-state index contributed by atoms with van der Waals surface area (Å²) in [4.78, 5) is 12.2. The van der Waals surface area contributed by atoms with Crippen molar-refractivity contribution in [1.82, 2.24) is 0 Å². The van der Waals surface area contributed by atoms with E-state index >= 15 is 0 Å². The summed E-state index contributed by atoms with van der Waals surface area (Å²) < 4.78 is 0. The molecule has 0 unspecified atom stereocenters. The van der Waals surface area contributed by atoms with Crippen LogP contribution in [-0.4, -0.2) is 5.78 Å². The van der Waals surface area contributed by atoms with Gasteiger partial charge in [0, 0.05) is 5.56 Å². The average molecular weight is 253 g/mol. The number of hydrogen-bond donors (Lipinski definition) is 0. The Hall–Kier alpha value is -2.18. The number of rotatable bonds is 3. The van der Waals surface area contributed by atoms with Gasteiger partial charge >= 0.3 is 0 Å². The number of ketones is 1. The second-order valence-electron chi connectivity index (χ2n) is 3.93. The van der Waals surface area contributed by atoms with Crippen molar-refractivity contribution >= 4 is 23.2 Å². The van der Waals surface area contributed by atoms with Crippen LogP contribution in [0.5, 0.6) is 0 Å². The van der Waals surface area contributed by atoms with Gasteiger partial charge in [-0.1, -0.05) is 23.8 Å². The Balaban J connectivity index is 2.35. The fraction of sp³-hybridized carbons (Fsp3) is 0.0667. The normalized spacial score (nSPS) is 11.0. The Morgan fingerprint density at radius 2 is 2.22 bits per heavy atom. The molecule has 0 bridgehead atoms. The summed E-state index contributed by atoms with van der Waals surface area (Å²) in [6, 6.07) is 11.1. The van der Waals surface area contributed by atoms with Crippen molar-refractivity contribution in [3.63, 3.8) is 0 Å². The van der Waals surface area contributed by atoms with Gasteiger partial charge in [0.25, 0.3) is 0 Å². The standard InChI is InChI=1S/C15H11NOS/c1-11-3-2-4-13(7-11)15(17)14(9-16)8-12-5-6-18-10-12/h2-8,10H,1H3/b14-8+. The lowest BCUT2D eigenvalue weighted by Crippen LogP contribution is -2.01. The van der Waals surface area contributed by atoms with E-state index in [1.54, 1.807) is 18.2 Å². The zero-order chi connectivity index (χ0) is 13.0. The van der Waals surface area contributed by atoms with Crippen molar-refractivity contribution < 1.29 is 4.79 Å². The number of carbonyl (C=O) groups excluding carboxylic acids is 1. The smallest absolute Gasteiger partial charge is 0.203 e. The molecule has 0 amide bonds. The largest absolute Gasteiger partial charge is 0.288 e. The van der Waals surface area contributed by atoms with Gasteiger partial charge in [0.1, 0.15) is 11.6 Å². The highest BCUT2D eigenvalue weighted by Gasteiger charge is 2.12. The molecule has 1 aromatic carbocycles. The van der Waals surface area contributed by atoms with Gasteiger partial charge < -0.3 is 0 Å². The first-order valence-corrected chi connectivity index (χ1v) is 6.40. The number of carbonyl (C=O) groups is 1. The van der Waals surface area contributed by atoms with Crippen LogP contribution in [-0.2, 0) is 0 Å². The van der Waals surface area contributed by atoms with Gasteiger partial charge in [0.15, 0.2) is 0 Å². The predicted molar refractivity (Wildman–Crippen MR) is 73.4 cm³/mol. The number of Topliss-reactive ketones (excluding diaryl/α,β-unsaturated/α-hetero) is 1. The second-order valence-corrected chi connectivity index (χ2v) is 4.71. The molecule has 0 saturated carbocycles. The van der Waals surface area contributed by atoms with Gasteiger partial charge in [-0.05, 0) is 41.5 Å². The summed E-state index contributed by atoms with van der Waals surface area (Å²) in [7, 11) is 0. The Morgan fingerprint density at radius 1 is 1.39 bits per heavy atom. The molecule has 0 aliphatic rings. The van der Waals surface area contributed by atoms with E-state index in [2.05, 4.69) is 0 Å². The van der Waals surface area contributed by atoms with Gasteiger partial charge in [-0.25, -0.2) is 0 Å². The highest BCUT2D eigenvalue weighted by Crippen LogP contribution is 2.15. The first kappa shape index (κ1) is 12.3. The summed E-state index contributed by atoms with van der Waals surface area (Å²) in [5.74, 6) is -0.229. The van der Waals surface area contributed by atoms with E-state index in [4.69, 9.17) is 5.26 Å². The molecule has 88 valence electrons. The molecule has 0 saturated heterocycles. The number of nitriles is 1. The van der Waals surface area contributed by atoms with Crippen LogP contribution in [0.3, 0.4) is 0 Å². The lowest BCUT2D eigenvalue weighted by Gasteiger charge is -2.00. The highest BCUT2D eigenvalue weighted by molar-refractivity contribution is 7.08. The molecule has 18 heavy (non-hydrogen) atoms. The maximum atomic E-state index is 12.2. The molecule has 2 rings (SSSR count). The summed E-state index contributed by atoms with van der Waals surface area (Å²) >= 11 is 1.54. The van der Waals surface area contributed by atoms with Crippen LogP contribution in [0.2, 0.25) is 0 Å². The van der Waals surface area contributed by atoms with Crippen LogP contribution < -0.4 is 0 Å². The molecule has 1 aromatic heterocycles. The van der Waals surface area contributed by atoms with Crippen molar-refractivity contribution in [2.24, 2.45) is 0 Å². The summed E-state index contributed by atoms with van der Waals surface area (Å²) in [5, 5.41) is 12.9. The summed E-state index contributed by atoms with van der Waals surface area (Å²) in [6.07, 6.45) is 1.63. The SMILES string of the molecule is Cc1cccc(C(=O)/C(C#N)=C/c2ccsc2)c1. The monoisotopic (exact) mass is 253 g/mol. The maximum Gasteiger partial charge on any atom is 0.203 e. The van der Waals surface area contributed by atoms with Crippen molar-refractivity contribution in [2.75, 3.05) is 0 Å². The van der Waals surface area contributed by atoms with Gasteiger partial charge in [-0.2, -0.15) is 16.6 Å². The Labute approximate surface area is 110 Å². The molecular weight excluding hydrogens is 242 g/mol. The van der Waals surface area contributed by atoms with E-state index in [1.807, 2.05) is 42.0 Å². The predicted octanol–water partition coefficient (Wildman–Crippen LogP) is 3.85. The molecule has 0 aliphatic carbocycles. The Morgan fingerprint density at radius 3 is 2.83 bits per heavy atom. The molecule has 0 aliphatic heterocycles. The average Bonchev–Trinajstić information content (AvgIpc) is 2.88. The molecule has 0 radical (unpaired) electrons. The lowest BCUT2D eigenvalue weighted by atomic mass is 10.0. The van der Waals surface area contributed by atoms with Gasteiger partial charge in [-0.3, -0.25) is 4.79 Å². The van der Waals surface area contributed by atoms with E-state index in [0.29, 0.717) is 5.56 Å². The summed E-state index contributed by atoms with van der Waals surface area (Å²) in [5.41, 5.74) is 2.61. The topological polar surface area (TPSA) is 40.9 Å². The fourth-order valence-corrected chi connectivity index (χ4v) is 2.23. The minimum absolute atomic E-state index is 0.166. The lowest BCUT2D eigenvalue weighted by molar-refractivity contribution is 0.104. The quantitative estimate of drug-likeness (QED) is 0.473. The van der Waals surface area contributed by atoms with E-state index in [0.717, 1.165) is 11.1 Å². The Bertz CT molecular complexity index is 633. The third-order valence-electron chi connectivity index (χ3n) is 2.50. The fourth-order valence-electron chi connectivity index (χ4n) is 1.61.